The van der Waals surface area contributed by atoms with Gasteiger partial charge in [0.25, 0.3) is 5.56 Å². The van der Waals surface area contributed by atoms with Crippen LogP contribution >= 0.6 is 0 Å². The van der Waals surface area contributed by atoms with E-state index in [2.05, 4.69) is 20.3 Å². The molecule has 7 N–H and O–H groups in total. The SMILES string of the molecule is Nc1nc2[nH]cc(CNCC(O)CO)c2c(=O)[nH]1. The second-order valence-electron chi connectivity index (χ2n) is 3.96. The number of nitrogen functional groups attached to an aromatic ring is 1. The number of hydrogen-bond donors (Lipinski definition) is 6. The monoisotopic (exact) mass is 253 g/mol. The second kappa shape index (κ2) is 5.17. The van der Waals surface area contributed by atoms with Crippen LogP contribution < -0.4 is 16.6 Å². The molecule has 8 heteroatoms. The van der Waals surface area contributed by atoms with E-state index in [-0.39, 0.29) is 24.7 Å². The molecule has 8 nitrogen and oxygen atoms in total. The summed E-state index contributed by atoms with van der Waals surface area (Å²) in [5.41, 5.74) is 6.27. The zero-order valence-corrected chi connectivity index (χ0v) is 9.60. The van der Waals surface area contributed by atoms with E-state index >= 15 is 0 Å². The number of H-pyrrole nitrogens is 2. The van der Waals surface area contributed by atoms with Gasteiger partial charge in [-0.05, 0) is 5.56 Å². The fourth-order valence-electron chi connectivity index (χ4n) is 1.70. The molecule has 2 aromatic heterocycles. The third-order valence-corrected chi connectivity index (χ3v) is 2.55. The molecule has 2 aromatic rings. The maximum Gasteiger partial charge on any atom is 0.262 e. The highest BCUT2D eigenvalue weighted by atomic mass is 16.3. The molecular formula is C10H15N5O3. The van der Waals surface area contributed by atoms with Gasteiger partial charge in [-0.25, -0.2) is 0 Å². The summed E-state index contributed by atoms with van der Waals surface area (Å²) < 4.78 is 0. The predicted octanol–water partition coefficient (Wildman–Crippen LogP) is -1.72. The Hall–Kier alpha value is -1.90. The van der Waals surface area contributed by atoms with Crippen molar-refractivity contribution in [1.29, 1.82) is 0 Å². The first-order chi connectivity index (χ1) is 8.61. The number of aliphatic hydroxyl groups excluding tert-OH is 2. The van der Waals surface area contributed by atoms with Crippen LogP contribution in [0, 0.1) is 0 Å². The van der Waals surface area contributed by atoms with Gasteiger partial charge in [-0.3, -0.25) is 9.78 Å². The normalized spacial score (nSPS) is 13.0. The number of anilines is 1. The molecule has 0 aliphatic carbocycles. The van der Waals surface area contributed by atoms with Gasteiger partial charge in [0.2, 0.25) is 5.95 Å². The van der Waals surface area contributed by atoms with E-state index in [9.17, 15) is 9.90 Å². The lowest BCUT2D eigenvalue weighted by Crippen LogP contribution is -2.29. The predicted molar refractivity (Wildman–Crippen MR) is 65.9 cm³/mol. The highest BCUT2D eigenvalue weighted by molar-refractivity contribution is 5.79. The summed E-state index contributed by atoms with van der Waals surface area (Å²) in [4.78, 5) is 21.0. The van der Waals surface area contributed by atoms with E-state index in [1.165, 1.54) is 0 Å². The number of nitrogens with zero attached hydrogens (tertiary/aromatic N) is 1. The van der Waals surface area contributed by atoms with E-state index in [0.29, 0.717) is 17.6 Å². The molecule has 0 saturated heterocycles. The van der Waals surface area contributed by atoms with Crippen molar-refractivity contribution in [2.45, 2.75) is 12.6 Å². The molecule has 0 aliphatic rings. The number of aliphatic hydroxyl groups is 2. The van der Waals surface area contributed by atoms with Gasteiger partial charge in [0.1, 0.15) is 5.65 Å². The highest BCUT2D eigenvalue weighted by Gasteiger charge is 2.10. The molecule has 1 atom stereocenters. The Morgan fingerprint density at radius 2 is 2.33 bits per heavy atom. The molecule has 18 heavy (non-hydrogen) atoms. The van der Waals surface area contributed by atoms with E-state index in [4.69, 9.17) is 10.8 Å². The summed E-state index contributed by atoms with van der Waals surface area (Å²) in [5.74, 6) is 0.0598. The van der Waals surface area contributed by atoms with Crippen molar-refractivity contribution in [2.75, 3.05) is 18.9 Å². The van der Waals surface area contributed by atoms with E-state index < -0.39 is 6.10 Å². The van der Waals surface area contributed by atoms with Crippen molar-refractivity contribution >= 4 is 17.0 Å². The van der Waals surface area contributed by atoms with Crippen molar-refractivity contribution in [2.24, 2.45) is 0 Å². The van der Waals surface area contributed by atoms with Crippen LogP contribution in [-0.2, 0) is 6.54 Å². The third kappa shape index (κ3) is 2.50. The molecule has 0 amide bonds. The standard InChI is InChI=1S/C10H15N5O3/c11-10-14-8-7(9(18)15-10)5(2-13-8)1-12-3-6(17)4-16/h2,6,12,16-17H,1,3-4H2,(H4,11,13,14,15,18). The van der Waals surface area contributed by atoms with Crippen LogP contribution in [0.15, 0.2) is 11.0 Å². The molecule has 2 heterocycles. The van der Waals surface area contributed by atoms with Crippen molar-refractivity contribution in [3.63, 3.8) is 0 Å². The van der Waals surface area contributed by atoms with E-state index in [1.54, 1.807) is 6.20 Å². The maximum absolute atomic E-state index is 11.7. The molecule has 0 aliphatic heterocycles. The van der Waals surface area contributed by atoms with Crippen LogP contribution in [0.2, 0.25) is 0 Å². The number of fused-ring (bicyclic) bond motifs is 1. The Labute approximate surface area is 102 Å². The zero-order chi connectivity index (χ0) is 13.1. The lowest BCUT2D eigenvalue weighted by Gasteiger charge is -2.07. The Morgan fingerprint density at radius 1 is 1.56 bits per heavy atom. The number of nitrogens with two attached hydrogens (primary N) is 1. The van der Waals surface area contributed by atoms with Crippen molar-refractivity contribution in [1.82, 2.24) is 20.3 Å². The lowest BCUT2D eigenvalue weighted by atomic mass is 10.2. The Morgan fingerprint density at radius 3 is 3.06 bits per heavy atom. The van der Waals surface area contributed by atoms with E-state index in [0.717, 1.165) is 5.56 Å². The average molecular weight is 253 g/mol. The Bertz CT molecular complexity index is 591. The molecule has 1 unspecified atom stereocenters. The molecule has 0 saturated carbocycles. The molecular weight excluding hydrogens is 238 g/mol. The fourth-order valence-corrected chi connectivity index (χ4v) is 1.70. The minimum Gasteiger partial charge on any atom is -0.394 e. The summed E-state index contributed by atoms with van der Waals surface area (Å²) >= 11 is 0. The number of nitrogens with one attached hydrogen (secondary N) is 3. The minimum absolute atomic E-state index is 0.0598. The molecule has 0 fully saturated rings. The molecule has 98 valence electrons. The van der Waals surface area contributed by atoms with Gasteiger partial charge in [0.05, 0.1) is 18.1 Å². The van der Waals surface area contributed by atoms with Gasteiger partial charge >= 0.3 is 0 Å². The highest BCUT2D eigenvalue weighted by Crippen LogP contribution is 2.11. The first-order valence-electron chi connectivity index (χ1n) is 5.47. The van der Waals surface area contributed by atoms with Gasteiger partial charge in [0, 0.05) is 19.3 Å². The van der Waals surface area contributed by atoms with Crippen LogP contribution in [0.3, 0.4) is 0 Å². The quantitative estimate of drug-likeness (QED) is 0.374. The summed E-state index contributed by atoms with van der Waals surface area (Å²) in [6, 6.07) is 0. The van der Waals surface area contributed by atoms with Crippen LogP contribution in [0.1, 0.15) is 5.56 Å². The molecule has 2 rings (SSSR count). The number of aromatic nitrogens is 3. The minimum atomic E-state index is -0.817. The average Bonchev–Trinajstić information content (AvgIpc) is 2.72. The number of rotatable bonds is 5. The number of aromatic amines is 2. The van der Waals surface area contributed by atoms with Gasteiger partial charge in [-0.2, -0.15) is 4.98 Å². The molecule has 0 bridgehead atoms. The summed E-state index contributed by atoms with van der Waals surface area (Å²) in [7, 11) is 0. The molecule has 0 radical (unpaired) electrons. The molecule has 0 aromatic carbocycles. The van der Waals surface area contributed by atoms with Crippen LogP contribution in [-0.4, -0.2) is 44.4 Å². The smallest absolute Gasteiger partial charge is 0.262 e. The van der Waals surface area contributed by atoms with Crippen LogP contribution in [0.25, 0.3) is 11.0 Å². The van der Waals surface area contributed by atoms with Crippen molar-refractivity contribution in [3.05, 3.63) is 22.1 Å². The first-order valence-corrected chi connectivity index (χ1v) is 5.47. The maximum atomic E-state index is 11.7. The van der Waals surface area contributed by atoms with Crippen LogP contribution in [0.5, 0.6) is 0 Å². The third-order valence-electron chi connectivity index (χ3n) is 2.55. The topological polar surface area (TPSA) is 140 Å². The first kappa shape index (κ1) is 12.6. The lowest BCUT2D eigenvalue weighted by molar-refractivity contribution is 0.0942. The summed E-state index contributed by atoms with van der Waals surface area (Å²) in [6.07, 6.45) is 0.840. The van der Waals surface area contributed by atoms with Crippen molar-refractivity contribution < 1.29 is 10.2 Å². The molecule has 0 spiro atoms. The fraction of sp³-hybridized carbons (Fsp3) is 0.400. The van der Waals surface area contributed by atoms with Gasteiger partial charge in [-0.1, -0.05) is 0 Å². The van der Waals surface area contributed by atoms with Crippen molar-refractivity contribution in [3.8, 4) is 0 Å². The largest absolute Gasteiger partial charge is 0.394 e. The number of hydrogen-bond acceptors (Lipinski definition) is 6. The van der Waals surface area contributed by atoms with Gasteiger partial charge in [-0.15, -0.1) is 0 Å². The zero-order valence-electron chi connectivity index (χ0n) is 9.60. The van der Waals surface area contributed by atoms with Gasteiger partial charge < -0.3 is 26.2 Å². The van der Waals surface area contributed by atoms with Gasteiger partial charge in [0.15, 0.2) is 0 Å². The second-order valence-corrected chi connectivity index (χ2v) is 3.96. The van der Waals surface area contributed by atoms with E-state index in [1.807, 2.05) is 0 Å². The summed E-state index contributed by atoms with van der Waals surface area (Å²) in [6.45, 7) is 0.314. The van der Waals surface area contributed by atoms with Crippen LogP contribution in [0.4, 0.5) is 5.95 Å². The Balaban J connectivity index is 2.17. The Kier molecular flexibility index (Phi) is 3.60. The summed E-state index contributed by atoms with van der Waals surface area (Å²) in [5, 5.41) is 21.2.